The Morgan fingerprint density at radius 3 is 2.54 bits per heavy atom. The number of benzene rings is 1. The van der Waals surface area contributed by atoms with Crippen molar-refractivity contribution in [3.05, 3.63) is 59.5 Å². The molecule has 1 aliphatic rings. The van der Waals surface area contributed by atoms with E-state index >= 15 is 0 Å². The summed E-state index contributed by atoms with van der Waals surface area (Å²) in [5.41, 5.74) is 2.58. The SMILES string of the molecule is CN=C(NCc1ccco1)NCc1ccccc1CN1CCC(O)CC1. The van der Waals surface area contributed by atoms with E-state index in [1.54, 1.807) is 13.3 Å². The highest BCUT2D eigenvalue weighted by molar-refractivity contribution is 5.79. The molecule has 140 valence electrons. The van der Waals surface area contributed by atoms with Crippen molar-refractivity contribution in [2.45, 2.75) is 38.6 Å². The van der Waals surface area contributed by atoms with Crippen LogP contribution in [0.2, 0.25) is 0 Å². The molecule has 1 aliphatic heterocycles. The highest BCUT2D eigenvalue weighted by Crippen LogP contribution is 2.16. The van der Waals surface area contributed by atoms with Crippen LogP contribution in [0, 0.1) is 0 Å². The van der Waals surface area contributed by atoms with Crippen molar-refractivity contribution in [3.63, 3.8) is 0 Å². The van der Waals surface area contributed by atoms with Gasteiger partial charge in [0.25, 0.3) is 0 Å². The number of hydrogen-bond acceptors (Lipinski definition) is 4. The molecular weight excluding hydrogens is 328 g/mol. The topological polar surface area (TPSA) is 73.0 Å². The Morgan fingerprint density at radius 1 is 1.12 bits per heavy atom. The van der Waals surface area contributed by atoms with Gasteiger partial charge in [-0.2, -0.15) is 0 Å². The van der Waals surface area contributed by atoms with Crippen LogP contribution in [-0.4, -0.2) is 42.2 Å². The summed E-state index contributed by atoms with van der Waals surface area (Å²) in [5.74, 6) is 1.62. The fraction of sp³-hybridized carbons (Fsp3) is 0.450. The van der Waals surface area contributed by atoms with Crippen molar-refractivity contribution in [1.29, 1.82) is 0 Å². The Balaban J connectivity index is 1.53. The molecule has 6 nitrogen and oxygen atoms in total. The van der Waals surface area contributed by atoms with E-state index in [9.17, 15) is 5.11 Å². The lowest BCUT2D eigenvalue weighted by Crippen LogP contribution is -2.37. The average molecular weight is 356 g/mol. The Labute approximate surface area is 154 Å². The highest BCUT2D eigenvalue weighted by Gasteiger charge is 2.17. The molecule has 0 unspecified atom stereocenters. The molecule has 1 aromatic heterocycles. The van der Waals surface area contributed by atoms with E-state index in [-0.39, 0.29) is 6.10 Å². The van der Waals surface area contributed by atoms with Crippen molar-refractivity contribution >= 4 is 5.96 Å². The second-order valence-electron chi connectivity index (χ2n) is 6.63. The number of aliphatic hydroxyl groups is 1. The van der Waals surface area contributed by atoms with Crippen LogP contribution in [0.4, 0.5) is 0 Å². The Kier molecular flexibility index (Phi) is 6.68. The van der Waals surface area contributed by atoms with E-state index in [1.165, 1.54) is 11.1 Å². The van der Waals surface area contributed by atoms with Crippen molar-refractivity contribution < 1.29 is 9.52 Å². The van der Waals surface area contributed by atoms with Gasteiger partial charge in [-0.25, -0.2) is 0 Å². The molecule has 3 rings (SSSR count). The minimum atomic E-state index is -0.133. The van der Waals surface area contributed by atoms with Crippen LogP contribution in [-0.2, 0) is 19.6 Å². The van der Waals surface area contributed by atoms with Crippen LogP contribution >= 0.6 is 0 Å². The van der Waals surface area contributed by atoms with Gasteiger partial charge in [0.1, 0.15) is 5.76 Å². The zero-order valence-electron chi connectivity index (χ0n) is 15.3. The molecule has 0 atom stereocenters. The number of guanidine groups is 1. The van der Waals surface area contributed by atoms with Gasteiger partial charge in [-0.3, -0.25) is 9.89 Å². The number of aliphatic imine (C=N–C) groups is 1. The van der Waals surface area contributed by atoms with Crippen LogP contribution in [0.5, 0.6) is 0 Å². The lowest BCUT2D eigenvalue weighted by atomic mass is 10.0. The van der Waals surface area contributed by atoms with Crippen LogP contribution in [0.3, 0.4) is 0 Å². The van der Waals surface area contributed by atoms with E-state index in [1.807, 2.05) is 12.1 Å². The van der Waals surface area contributed by atoms with Crippen LogP contribution in [0.1, 0.15) is 29.7 Å². The maximum atomic E-state index is 9.68. The van der Waals surface area contributed by atoms with Crippen molar-refractivity contribution in [1.82, 2.24) is 15.5 Å². The molecule has 0 radical (unpaired) electrons. The molecule has 26 heavy (non-hydrogen) atoms. The molecule has 6 heteroatoms. The summed E-state index contributed by atoms with van der Waals surface area (Å²) in [5, 5.41) is 16.3. The summed E-state index contributed by atoms with van der Waals surface area (Å²) < 4.78 is 5.33. The fourth-order valence-electron chi connectivity index (χ4n) is 3.19. The van der Waals surface area contributed by atoms with Gasteiger partial charge in [0.2, 0.25) is 0 Å². The van der Waals surface area contributed by atoms with E-state index in [4.69, 9.17) is 4.42 Å². The molecular formula is C20H28N4O2. The summed E-state index contributed by atoms with van der Waals surface area (Å²) in [7, 11) is 1.77. The number of piperidine rings is 1. The standard InChI is InChI=1S/C20H28N4O2/c1-21-20(23-14-19-7-4-12-26-19)22-13-16-5-2-3-6-17(16)15-24-10-8-18(25)9-11-24/h2-7,12,18,25H,8-11,13-15H2,1H3,(H2,21,22,23). The first kappa shape index (κ1) is 18.5. The summed E-state index contributed by atoms with van der Waals surface area (Å²) in [6.45, 7) is 4.14. The van der Waals surface area contributed by atoms with E-state index in [0.717, 1.165) is 44.2 Å². The molecule has 0 spiro atoms. The van der Waals surface area contributed by atoms with Crippen molar-refractivity contribution in [2.75, 3.05) is 20.1 Å². The number of rotatable bonds is 6. The lowest BCUT2D eigenvalue weighted by molar-refractivity contribution is 0.0791. The molecule has 0 bridgehead atoms. The smallest absolute Gasteiger partial charge is 0.191 e. The molecule has 0 saturated carbocycles. The Hall–Kier alpha value is -2.31. The minimum absolute atomic E-state index is 0.133. The van der Waals surface area contributed by atoms with Gasteiger partial charge in [0.05, 0.1) is 18.9 Å². The van der Waals surface area contributed by atoms with Crippen molar-refractivity contribution in [2.24, 2.45) is 4.99 Å². The second-order valence-corrected chi connectivity index (χ2v) is 6.63. The van der Waals surface area contributed by atoms with Gasteiger partial charge in [0.15, 0.2) is 5.96 Å². The number of nitrogens with zero attached hydrogens (tertiary/aromatic N) is 2. The largest absolute Gasteiger partial charge is 0.467 e. The third kappa shape index (κ3) is 5.34. The predicted molar refractivity (Wildman–Crippen MR) is 103 cm³/mol. The van der Waals surface area contributed by atoms with Gasteiger partial charge < -0.3 is 20.2 Å². The van der Waals surface area contributed by atoms with Gasteiger partial charge in [0, 0.05) is 33.2 Å². The minimum Gasteiger partial charge on any atom is -0.467 e. The first-order valence-corrected chi connectivity index (χ1v) is 9.18. The van der Waals surface area contributed by atoms with Gasteiger partial charge in [-0.05, 0) is 36.1 Å². The molecule has 1 aromatic carbocycles. The normalized spacial score (nSPS) is 16.6. The monoisotopic (exact) mass is 356 g/mol. The van der Waals surface area contributed by atoms with E-state index < -0.39 is 0 Å². The Bertz CT molecular complexity index is 692. The molecule has 1 fully saturated rings. The maximum absolute atomic E-state index is 9.68. The zero-order chi connectivity index (χ0) is 18.2. The third-order valence-corrected chi connectivity index (χ3v) is 4.75. The molecule has 2 heterocycles. The van der Waals surface area contributed by atoms with E-state index in [0.29, 0.717) is 13.1 Å². The van der Waals surface area contributed by atoms with E-state index in [2.05, 4.69) is 44.8 Å². The van der Waals surface area contributed by atoms with Crippen LogP contribution in [0.25, 0.3) is 0 Å². The van der Waals surface area contributed by atoms with Crippen LogP contribution in [0.15, 0.2) is 52.1 Å². The molecule has 3 N–H and O–H groups in total. The number of furan rings is 1. The maximum Gasteiger partial charge on any atom is 0.191 e. The number of nitrogens with one attached hydrogen (secondary N) is 2. The first-order valence-electron chi connectivity index (χ1n) is 9.18. The van der Waals surface area contributed by atoms with Crippen LogP contribution < -0.4 is 10.6 Å². The number of likely N-dealkylation sites (tertiary alicyclic amines) is 1. The summed E-state index contributed by atoms with van der Waals surface area (Å²) >= 11 is 0. The second kappa shape index (κ2) is 9.40. The quantitative estimate of drug-likeness (QED) is 0.546. The molecule has 1 saturated heterocycles. The van der Waals surface area contributed by atoms with Gasteiger partial charge in [-0.1, -0.05) is 24.3 Å². The highest BCUT2D eigenvalue weighted by atomic mass is 16.3. The molecule has 0 aliphatic carbocycles. The summed E-state index contributed by atoms with van der Waals surface area (Å²) in [6, 6.07) is 12.3. The average Bonchev–Trinajstić information content (AvgIpc) is 3.18. The fourth-order valence-corrected chi connectivity index (χ4v) is 3.19. The Morgan fingerprint density at radius 2 is 1.85 bits per heavy atom. The van der Waals surface area contributed by atoms with Crippen molar-refractivity contribution in [3.8, 4) is 0 Å². The zero-order valence-corrected chi connectivity index (χ0v) is 15.3. The van der Waals surface area contributed by atoms with Gasteiger partial charge in [-0.15, -0.1) is 0 Å². The lowest BCUT2D eigenvalue weighted by Gasteiger charge is -2.30. The number of aliphatic hydroxyl groups excluding tert-OH is 1. The summed E-state index contributed by atoms with van der Waals surface area (Å²) in [4.78, 5) is 6.68. The summed E-state index contributed by atoms with van der Waals surface area (Å²) in [6.07, 6.45) is 3.27. The third-order valence-electron chi connectivity index (χ3n) is 4.75. The van der Waals surface area contributed by atoms with Gasteiger partial charge >= 0.3 is 0 Å². The molecule has 2 aromatic rings. The predicted octanol–water partition coefficient (Wildman–Crippen LogP) is 2.10. The first-order chi connectivity index (χ1) is 12.7. The number of hydrogen-bond donors (Lipinski definition) is 3. The molecule has 0 amide bonds.